The average molecular weight is 371 g/mol. The Labute approximate surface area is 155 Å². The van der Waals surface area contributed by atoms with E-state index in [-0.39, 0.29) is 16.6 Å². The minimum Gasteiger partial charge on any atom is -0.347 e. The molecule has 0 fully saturated rings. The van der Waals surface area contributed by atoms with Gasteiger partial charge >= 0.3 is 0 Å². The molecule has 0 saturated heterocycles. The van der Waals surface area contributed by atoms with Crippen molar-refractivity contribution in [2.45, 2.75) is 13.5 Å². The van der Waals surface area contributed by atoms with Crippen molar-refractivity contribution in [1.29, 1.82) is 0 Å². The summed E-state index contributed by atoms with van der Waals surface area (Å²) in [6.07, 6.45) is 2.81. The second-order valence-corrected chi connectivity index (χ2v) is 6.06. The summed E-state index contributed by atoms with van der Waals surface area (Å²) in [5, 5.41) is 5.77. The van der Waals surface area contributed by atoms with E-state index >= 15 is 0 Å². The molecule has 0 aliphatic carbocycles. The number of hydrogen-bond acceptors (Lipinski definition) is 4. The number of hydrogen-bond donors (Lipinski definition) is 2. The Morgan fingerprint density at radius 3 is 2.65 bits per heavy atom. The van der Waals surface area contributed by atoms with Gasteiger partial charge in [0.05, 0.1) is 17.4 Å². The number of carbonyl (C=O) groups is 1. The van der Waals surface area contributed by atoms with Crippen molar-refractivity contribution in [2.75, 3.05) is 5.32 Å². The lowest BCUT2D eigenvalue weighted by Crippen LogP contribution is -2.24. The van der Waals surface area contributed by atoms with Crippen molar-refractivity contribution < 1.29 is 9.18 Å². The standard InChI is InChI=1S/C19H16ClFN4O/c1-12-4-2-3-5-13(12)9-24-19(26)17-10-23-18(11-22-17)25-14-6-7-16(21)15(20)8-14/h2-8,10-11H,9H2,1H3,(H,23,25)(H,24,26). The van der Waals surface area contributed by atoms with Crippen molar-refractivity contribution in [3.63, 3.8) is 0 Å². The Hall–Kier alpha value is -2.99. The second kappa shape index (κ2) is 7.93. The zero-order valence-electron chi connectivity index (χ0n) is 14.0. The van der Waals surface area contributed by atoms with Gasteiger partial charge in [0.25, 0.3) is 5.91 Å². The number of rotatable bonds is 5. The van der Waals surface area contributed by atoms with Crippen LogP contribution in [-0.2, 0) is 6.54 Å². The van der Waals surface area contributed by atoms with Crippen LogP contribution in [-0.4, -0.2) is 15.9 Å². The molecule has 26 heavy (non-hydrogen) atoms. The predicted molar refractivity (Wildman–Crippen MR) is 99.1 cm³/mol. The Bertz CT molecular complexity index is 931. The molecular weight excluding hydrogens is 355 g/mol. The van der Waals surface area contributed by atoms with Gasteiger partial charge < -0.3 is 10.6 Å². The highest BCUT2D eigenvalue weighted by molar-refractivity contribution is 6.31. The van der Waals surface area contributed by atoms with Gasteiger partial charge in [-0.15, -0.1) is 0 Å². The maximum Gasteiger partial charge on any atom is 0.271 e. The van der Waals surface area contributed by atoms with Gasteiger partial charge in [0.1, 0.15) is 17.3 Å². The molecule has 2 aromatic carbocycles. The molecule has 0 atom stereocenters. The maximum atomic E-state index is 13.2. The minimum absolute atomic E-state index is 0.00941. The summed E-state index contributed by atoms with van der Waals surface area (Å²) in [5.41, 5.74) is 2.93. The molecule has 3 rings (SSSR count). The molecule has 5 nitrogen and oxygen atoms in total. The van der Waals surface area contributed by atoms with Crippen LogP contribution in [0.4, 0.5) is 15.9 Å². The van der Waals surface area contributed by atoms with E-state index in [1.54, 1.807) is 0 Å². The molecule has 0 radical (unpaired) electrons. The van der Waals surface area contributed by atoms with Crippen molar-refractivity contribution >= 4 is 29.0 Å². The lowest BCUT2D eigenvalue weighted by molar-refractivity contribution is 0.0945. The van der Waals surface area contributed by atoms with Crippen molar-refractivity contribution in [2.24, 2.45) is 0 Å². The molecule has 2 N–H and O–H groups in total. The zero-order chi connectivity index (χ0) is 18.5. The summed E-state index contributed by atoms with van der Waals surface area (Å²) in [4.78, 5) is 20.4. The molecule has 7 heteroatoms. The molecule has 0 saturated carbocycles. The van der Waals surface area contributed by atoms with Crippen molar-refractivity contribution in [3.05, 3.63) is 82.5 Å². The Morgan fingerprint density at radius 1 is 1.15 bits per heavy atom. The highest BCUT2D eigenvalue weighted by Crippen LogP contribution is 2.21. The molecule has 0 spiro atoms. The zero-order valence-corrected chi connectivity index (χ0v) is 14.7. The lowest BCUT2D eigenvalue weighted by Gasteiger charge is -2.08. The van der Waals surface area contributed by atoms with Crippen molar-refractivity contribution in [3.8, 4) is 0 Å². The molecule has 0 aliphatic heterocycles. The van der Waals surface area contributed by atoms with Gasteiger partial charge in [-0.25, -0.2) is 14.4 Å². The minimum atomic E-state index is -0.496. The highest BCUT2D eigenvalue weighted by Gasteiger charge is 2.09. The SMILES string of the molecule is Cc1ccccc1CNC(=O)c1cnc(Nc2ccc(F)c(Cl)c2)cn1. The van der Waals surface area contributed by atoms with Crippen LogP contribution in [0.2, 0.25) is 5.02 Å². The van der Waals surface area contributed by atoms with Crippen LogP contribution in [0.1, 0.15) is 21.6 Å². The van der Waals surface area contributed by atoms with Gasteiger partial charge in [-0.3, -0.25) is 4.79 Å². The van der Waals surface area contributed by atoms with Crippen LogP contribution in [0, 0.1) is 12.7 Å². The second-order valence-electron chi connectivity index (χ2n) is 5.65. The number of anilines is 2. The first-order valence-corrected chi connectivity index (χ1v) is 8.27. The Balaban J connectivity index is 1.62. The topological polar surface area (TPSA) is 66.9 Å². The summed E-state index contributed by atoms with van der Waals surface area (Å²) >= 11 is 5.74. The first-order valence-electron chi connectivity index (χ1n) is 7.90. The first kappa shape index (κ1) is 17.8. The number of aryl methyl sites for hydroxylation is 1. The largest absolute Gasteiger partial charge is 0.347 e. The van der Waals surface area contributed by atoms with Gasteiger partial charge in [0.15, 0.2) is 0 Å². The van der Waals surface area contributed by atoms with Crippen molar-refractivity contribution in [1.82, 2.24) is 15.3 Å². The highest BCUT2D eigenvalue weighted by atomic mass is 35.5. The van der Waals surface area contributed by atoms with E-state index in [9.17, 15) is 9.18 Å². The number of nitrogens with one attached hydrogen (secondary N) is 2. The van der Waals surface area contributed by atoms with Crippen LogP contribution < -0.4 is 10.6 Å². The average Bonchev–Trinajstić information content (AvgIpc) is 2.64. The van der Waals surface area contributed by atoms with E-state index in [0.717, 1.165) is 11.1 Å². The van der Waals surface area contributed by atoms with Crippen LogP contribution in [0.15, 0.2) is 54.9 Å². The van der Waals surface area contributed by atoms with Gasteiger partial charge in [0.2, 0.25) is 0 Å². The van der Waals surface area contributed by atoms with E-state index in [1.807, 2.05) is 31.2 Å². The fourth-order valence-corrected chi connectivity index (χ4v) is 2.49. The normalized spacial score (nSPS) is 10.4. The number of carbonyl (C=O) groups excluding carboxylic acids is 1. The molecule has 1 amide bonds. The van der Waals surface area contributed by atoms with Crippen LogP contribution in [0.3, 0.4) is 0 Å². The van der Waals surface area contributed by atoms with Gasteiger partial charge in [-0.1, -0.05) is 35.9 Å². The smallest absolute Gasteiger partial charge is 0.271 e. The summed E-state index contributed by atoms with van der Waals surface area (Å²) in [7, 11) is 0. The third-order valence-electron chi connectivity index (χ3n) is 3.78. The predicted octanol–water partition coefficient (Wildman–Crippen LogP) is 4.25. The van der Waals surface area contributed by atoms with Gasteiger partial charge in [-0.2, -0.15) is 0 Å². The Morgan fingerprint density at radius 2 is 1.96 bits per heavy atom. The van der Waals surface area contributed by atoms with Crippen LogP contribution in [0.5, 0.6) is 0 Å². The van der Waals surface area contributed by atoms with E-state index in [2.05, 4.69) is 20.6 Å². The molecule has 1 heterocycles. The summed E-state index contributed by atoms with van der Waals surface area (Å²) < 4.78 is 13.2. The maximum absolute atomic E-state index is 13.2. The summed E-state index contributed by atoms with van der Waals surface area (Å²) in [6, 6.07) is 12.1. The third-order valence-corrected chi connectivity index (χ3v) is 4.07. The summed E-state index contributed by atoms with van der Waals surface area (Å²) in [6.45, 7) is 2.41. The first-order chi connectivity index (χ1) is 12.5. The quantitative estimate of drug-likeness (QED) is 0.704. The Kier molecular flexibility index (Phi) is 5.43. The van der Waals surface area contributed by atoms with E-state index < -0.39 is 5.82 Å². The number of amides is 1. The van der Waals surface area contributed by atoms with Crippen LogP contribution >= 0.6 is 11.6 Å². The number of nitrogens with zero attached hydrogens (tertiary/aromatic N) is 2. The molecular formula is C19H16ClFN4O. The van der Waals surface area contributed by atoms with Crippen LogP contribution in [0.25, 0.3) is 0 Å². The monoisotopic (exact) mass is 370 g/mol. The molecule has 132 valence electrons. The molecule has 3 aromatic rings. The van der Waals surface area contributed by atoms with E-state index in [4.69, 9.17) is 11.6 Å². The van der Waals surface area contributed by atoms with E-state index in [1.165, 1.54) is 30.6 Å². The number of benzene rings is 2. The van der Waals surface area contributed by atoms with E-state index in [0.29, 0.717) is 18.1 Å². The number of aromatic nitrogens is 2. The van der Waals surface area contributed by atoms with Gasteiger partial charge in [-0.05, 0) is 36.2 Å². The third kappa shape index (κ3) is 4.34. The van der Waals surface area contributed by atoms with Gasteiger partial charge in [0, 0.05) is 12.2 Å². The number of halogens is 2. The lowest BCUT2D eigenvalue weighted by atomic mass is 10.1. The molecule has 0 aliphatic rings. The summed E-state index contributed by atoms with van der Waals surface area (Å²) in [5.74, 6) is -0.385. The molecule has 1 aromatic heterocycles. The fraction of sp³-hybridized carbons (Fsp3) is 0.105. The fourth-order valence-electron chi connectivity index (χ4n) is 2.31. The molecule has 0 bridgehead atoms. The molecule has 0 unspecified atom stereocenters.